The Hall–Kier alpha value is -1.39. The van der Waals surface area contributed by atoms with Gasteiger partial charge in [0, 0.05) is 18.7 Å². The van der Waals surface area contributed by atoms with Gasteiger partial charge in [-0.1, -0.05) is 30.3 Å². The predicted octanol–water partition coefficient (Wildman–Crippen LogP) is 5.10. The Labute approximate surface area is 194 Å². The molecule has 0 aliphatic heterocycles. The minimum Gasteiger partial charge on any atom is -0.381 e. The summed E-state index contributed by atoms with van der Waals surface area (Å²) in [6.07, 6.45) is 13.3. The zero-order chi connectivity index (χ0) is 22.2. The Morgan fingerprint density at radius 1 is 1.03 bits per heavy atom. The molecule has 4 heteroatoms. The van der Waals surface area contributed by atoms with Crippen LogP contribution >= 0.6 is 0 Å². The van der Waals surface area contributed by atoms with Gasteiger partial charge in [0.2, 0.25) is 5.91 Å². The molecule has 0 heterocycles. The van der Waals surface area contributed by atoms with Crippen molar-refractivity contribution in [3.05, 3.63) is 35.9 Å². The molecular formula is C28H42N2O2. The first-order chi connectivity index (χ1) is 15.5. The van der Waals surface area contributed by atoms with Crippen molar-refractivity contribution in [2.24, 2.45) is 22.5 Å². The van der Waals surface area contributed by atoms with E-state index in [-0.39, 0.29) is 16.2 Å². The van der Waals surface area contributed by atoms with Crippen molar-refractivity contribution in [1.82, 2.24) is 5.32 Å². The summed E-state index contributed by atoms with van der Waals surface area (Å²) in [6, 6.07) is 11.8. The highest BCUT2D eigenvalue weighted by Gasteiger charge is 2.66. The third kappa shape index (κ3) is 4.14. The zero-order valence-corrected chi connectivity index (χ0v) is 19.9. The average molecular weight is 439 g/mol. The van der Waals surface area contributed by atoms with Gasteiger partial charge in [-0.05, 0) is 106 Å². The van der Waals surface area contributed by atoms with Crippen LogP contribution in [0.3, 0.4) is 0 Å². The topological polar surface area (TPSA) is 64.3 Å². The molecule has 176 valence electrons. The Morgan fingerprint density at radius 3 is 2.50 bits per heavy atom. The SMILES string of the molecule is CCOC[C@]12CC3CC(C(=O)NC4CCCC(N)CCC4)(C1)C[C@@](c1ccccc1)(C3)C2. The van der Waals surface area contributed by atoms with Gasteiger partial charge in [0.25, 0.3) is 0 Å². The summed E-state index contributed by atoms with van der Waals surface area (Å²) in [7, 11) is 0. The van der Waals surface area contributed by atoms with E-state index in [1.165, 1.54) is 24.8 Å². The lowest BCUT2D eigenvalue weighted by Gasteiger charge is -2.66. The van der Waals surface area contributed by atoms with E-state index >= 15 is 0 Å². The van der Waals surface area contributed by atoms with Crippen molar-refractivity contribution in [2.75, 3.05) is 13.2 Å². The fourth-order valence-corrected chi connectivity index (χ4v) is 8.51. The number of amides is 1. The van der Waals surface area contributed by atoms with Crippen molar-refractivity contribution in [1.29, 1.82) is 0 Å². The van der Waals surface area contributed by atoms with Crippen LogP contribution in [0, 0.1) is 16.7 Å². The zero-order valence-electron chi connectivity index (χ0n) is 19.9. The van der Waals surface area contributed by atoms with Crippen molar-refractivity contribution in [3.63, 3.8) is 0 Å². The molecule has 1 amide bonds. The largest absolute Gasteiger partial charge is 0.381 e. The van der Waals surface area contributed by atoms with Gasteiger partial charge < -0.3 is 15.8 Å². The first-order valence-electron chi connectivity index (χ1n) is 13.2. The van der Waals surface area contributed by atoms with E-state index < -0.39 is 0 Å². The van der Waals surface area contributed by atoms with Crippen LogP contribution in [0.4, 0.5) is 0 Å². The summed E-state index contributed by atoms with van der Waals surface area (Å²) in [5.41, 5.74) is 7.67. The molecule has 0 saturated heterocycles. The molecule has 6 rings (SSSR count). The predicted molar refractivity (Wildman–Crippen MR) is 128 cm³/mol. The van der Waals surface area contributed by atoms with E-state index in [2.05, 4.69) is 42.6 Å². The first kappa shape index (κ1) is 22.4. The molecule has 5 saturated carbocycles. The van der Waals surface area contributed by atoms with Crippen molar-refractivity contribution < 1.29 is 9.53 Å². The van der Waals surface area contributed by atoms with E-state index in [9.17, 15) is 4.79 Å². The normalized spacial score (nSPS) is 41.1. The van der Waals surface area contributed by atoms with Gasteiger partial charge >= 0.3 is 0 Å². The van der Waals surface area contributed by atoms with Crippen molar-refractivity contribution in [2.45, 2.75) is 101 Å². The quantitative estimate of drug-likeness (QED) is 0.650. The third-order valence-corrected chi connectivity index (χ3v) is 9.25. The van der Waals surface area contributed by atoms with Crippen LogP contribution < -0.4 is 11.1 Å². The molecule has 4 nitrogen and oxygen atoms in total. The first-order valence-corrected chi connectivity index (χ1v) is 13.2. The van der Waals surface area contributed by atoms with Gasteiger partial charge in [-0.15, -0.1) is 0 Å². The number of ether oxygens (including phenoxy) is 1. The summed E-state index contributed by atoms with van der Waals surface area (Å²) in [5, 5.41) is 3.58. The highest BCUT2D eigenvalue weighted by molar-refractivity contribution is 5.84. The van der Waals surface area contributed by atoms with Crippen LogP contribution in [0.1, 0.15) is 89.5 Å². The highest BCUT2D eigenvalue weighted by atomic mass is 16.5. The van der Waals surface area contributed by atoms with E-state index in [0.29, 0.717) is 23.9 Å². The Morgan fingerprint density at radius 2 is 1.78 bits per heavy atom. The standard InChI is InChI=1S/C28H42N2O2/c1-2-32-20-26-14-21-15-27(17-26,22-8-4-3-5-9-22)19-28(16-21,18-26)25(31)30-24-12-6-10-23(29)11-7-13-24/h3-5,8-9,21,23-24H,2,6-7,10-20,29H2,1H3,(H,30,31)/t21?,23?,24?,26-,27+,28?/m0/s1. The monoisotopic (exact) mass is 438 g/mol. The second-order valence-corrected chi connectivity index (χ2v) is 11.9. The molecule has 0 radical (unpaired) electrons. The summed E-state index contributed by atoms with van der Waals surface area (Å²) in [5.74, 6) is 0.977. The maximum atomic E-state index is 14.0. The molecule has 0 aromatic heterocycles. The van der Waals surface area contributed by atoms with Crippen LogP contribution in [-0.2, 0) is 14.9 Å². The van der Waals surface area contributed by atoms with E-state index in [1.54, 1.807) is 0 Å². The molecule has 5 fully saturated rings. The number of nitrogens with two attached hydrogens (primary N) is 1. The summed E-state index contributed by atoms with van der Waals surface area (Å²) in [4.78, 5) is 14.0. The maximum Gasteiger partial charge on any atom is 0.226 e. The minimum absolute atomic E-state index is 0.128. The van der Waals surface area contributed by atoms with Crippen LogP contribution in [-0.4, -0.2) is 31.2 Å². The molecule has 32 heavy (non-hydrogen) atoms. The Kier molecular flexibility index (Phi) is 6.13. The molecule has 4 bridgehead atoms. The van der Waals surface area contributed by atoms with E-state index in [4.69, 9.17) is 10.5 Å². The van der Waals surface area contributed by atoms with E-state index in [1.807, 2.05) is 0 Å². The molecule has 0 spiro atoms. The minimum atomic E-state index is -0.231. The number of benzene rings is 1. The Bertz CT molecular complexity index is 803. The third-order valence-electron chi connectivity index (χ3n) is 9.25. The summed E-state index contributed by atoms with van der Waals surface area (Å²) < 4.78 is 6.07. The van der Waals surface area contributed by atoms with Crippen LogP contribution in [0.25, 0.3) is 0 Å². The number of hydrogen-bond acceptors (Lipinski definition) is 3. The number of carbonyl (C=O) groups excluding carboxylic acids is 1. The van der Waals surface area contributed by atoms with Crippen LogP contribution in [0.2, 0.25) is 0 Å². The molecule has 3 N–H and O–H groups in total. The number of hydrogen-bond donors (Lipinski definition) is 2. The molecule has 4 atom stereocenters. The number of carbonyl (C=O) groups is 1. The van der Waals surface area contributed by atoms with E-state index in [0.717, 1.165) is 71.0 Å². The van der Waals surface area contributed by atoms with Crippen molar-refractivity contribution in [3.8, 4) is 0 Å². The molecular weight excluding hydrogens is 396 g/mol. The lowest BCUT2D eigenvalue weighted by Crippen LogP contribution is -2.64. The average Bonchev–Trinajstić information content (AvgIpc) is 2.76. The van der Waals surface area contributed by atoms with Gasteiger partial charge in [-0.3, -0.25) is 4.79 Å². The Balaban J connectivity index is 1.41. The summed E-state index contributed by atoms with van der Waals surface area (Å²) >= 11 is 0. The smallest absolute Gasteiger partial charge is 0.226 e. The molecule has 2 unspecified atom stereocenters. The maximum absolute atomic E-state index is 14.0. The molecule has 5 aliphatic rings. The van der Waals surface area contributed by atoms with Crippen LogP contribution in [0.5, 0.6) is 0 Å². The second kappa shape index (κ2) is 8.76. The molecule has 5 aliphatic carbocycles. The van der Waals surface area contributed by atoms with Gasteiger partial charge in [0.05, 0.1) is 12.0 Å². The molecule has 1 aromatic carbocycles. The number of nitrogens with one attached hydrogen (secondary N) is 1. The number of rotatable bonds is 6. The summed E-state index contributed by atoms with van der Waals surface area (Å²) in [6.45, 7) is 3.66. The molecule has 1 aromatic rings. The van der Waals surface area contributed by atoms with Crippen LogP contribution in [0.15, 0.2) is 30.3 Å². The van der Waals surface area contributed by atoms with Gasteiger partial charge in [-0.2, -0.15) is 0 Å². The van der Waals surface area contributed by atoms with Gasteiger partial charge in [-0.25, -0.2) is 0 Å². The van der Waals surface area contributed by atoms with Gasteiger partial charge in [0.1, 0.15) is 0 Å². The van der Waals surface area contributed by atoms with Crippen molar-refractivity contribution >= 4 is 5.91 Å². The lowest BCUT2D eigenvalue weighted by molar-refractivity contribution is -0.172. The fourth-order valence-electron chi connectivity index (χ4n) is 8.51. The fraction of sp³-hybridized carbons (Fsp3) is 0.750. The van der Waals surface area contributed by atoms with Gasteiger partial charge in [0.15, 0.2) is 0 Å². The second-order valence-electron chi connectivity index (χ2n) is 11.9. The lowest BCUT2D eigenvalue weighted by atomic mass is 9.38. The highest BCUT2D eigenvalue weighted by Crippen LogP contribution is 2.70.